The zero-order chi connectivity index (χ0) is 7.56. The Balaban J connectivity index is 2.56. The molecule has 0 aliphatic carbocycles. The molecule has 0 fully saturated rings. The maximum absolute atomic E-state index is 8.93. The summed E-state index contributed by atoms with van der Waals surface area (Å²) < 4.78 is 4.69. The molecule has 1 radical (unpaired) electrons. The summed E-state index contributed by atoms with van der Waals surface area (Å²) in [6, 6.07) is 0. The van der Waals surface area contributed by atoms with Crippen molar-refractivity contribution in [2.75, 3.05) is 6.61 Å². The van der Waals surface area contributed by atoms with Crippen LogP contribution in [-0.4, -0.2) is 34.1 Å². The predicted molar refractivity (Wildman–Crippen MR) is 32.6 cm³/mol. The van der Waals surface area contributed by atoms with Crippen molar-refractivity contribution in [1.29, 1.82) is 0 Å². The van der Waals surface area contributed by atoms with Crippen molar-refractivity contribution in [2.24, 2.45) is 0 Å². The molecule has 0 saturated heterocycles. The highest BCUT2D eigenvalue weighted by molar-refractivity contribution is 5.06. The fraction of sp³-hybridized carbons (Fsp3) is 0.500. The van der Waals surface area contributed by atoms with Crippen molar-refractivity contribution in [3.63, 3.8) is 0 Å². The van der Waals surface area contributed by atoms with Crippen LogP contribution >= 0.6 is 0 Å². The average Bonchev–Trinajstić information content (AvgIpc) is 1.95. The second-order valence-electron chi connectivity index (χ2n) is 2.03. The second kappa shape index (κ2) is 3.01. The van der Waals surface area contributed by atoms with Gasteiger partial charge in [0.1, 0.15) is 24.6 Å². The monoisotopic (exact) mass is 145 g/mol. The minimum absolute atomic E-state index is 0.262. The van der Waals surface area contributed by atoms with Crippen LogP contribution in [0, 0.1) is 6.61 Å². The van der Waals surface area contributed by atoms with E-state index in [0.29, 0.717) is 0 Å². The number of rotatable bonds is 1. The fourth-order valence-electron chi connectivity index (χ4n) is 0.656. The molecular weight excluding hydrogens is 136 g/mol. The minimum Gasteiger partial charge on any atom is -0.486 e. The molecule has 2 atom stereocenters. The molecular formula is C6H9O4. The Morgan fingerprint density at radius 3 is 2.60 bits per heavy atom. The van der Waals surface area contributed by atoms with Gasteiger partial charge in [0, 0.05) is 0 Å². The van der Waals surface area contributed by atoms with Crippen molar-refractivity contribution in [2.45, 2.75) is 12.2 Å². The van der Waals surface area contributed by atoms with Crippen LogP contribution in [0.2, 0.25) is 0 Å². The number of hydrogen-bond donors (Lipinski definition) is 3. The zero-order valence-electron chi connectivity index (χ0n) is 5.27. The van der Waals surface area contributed by atoms with Crippen molar-refractivity contribution in [1.82, 2.24) is 0 Å². The first-order valence-electron chi connectivity index (χ1n) is 2.91. The van der Waals surface area contributed by atoms with Crippen molar-refractivity contribution in [3.05, 3.63) is 18.4 Å². The maximum atomic E-state index is 8.93. The third-order valence-electron chi connectivity index (χ3n) is 1.22. The second-order valence-corrected chi connectivity index (χ2v) is 2.03. The van der Waals surface area contributed by atoms with Crippen molar-refractivity contribution >= 4 is 0 Å². The standard InChI is InChI=1S/C6H9O4/c7-2-4-1-5(8)6(9)3-10-4/h1,3,5-9H,2H2/t5-,6-/m0/s1. The van der Waals surface area contributed by atoms with Crippen LogP contribution in [0.15, 0.2) is 11.8 Å². The summed E-state index contributed by atoms with van der Waals surface area (Å²) in [5.41, 5.74) is 0. The van der Waals surface area contributed by atoms with Gasteiger partial charge in [0.25, 0.3) is 0 Å². The SMILES string of the molecule is OCC1=C[C@H](O)[C@@H](O)[CH]O1. The first-order valence-corrected chi connectivity index (χ1v) is 2.91. The van der Waals surface area contributed by atoms with E-state index in [2.05, 4.69) is 4.74 Å². The molecule has 0 aromatic heterocycles. The maximum Gasteiger partial charge on any atom is 0.166 e. The van der Waals surface area contributed by atoms with Gasteiger partial charge in [-0.15, -0.1) is 0 Å². The number of aliphatic hydroxyl groups excluding tert-OH is 3. The Hall–Kier alpha value is -0.580. The summed E-state index contributed by atoms with van der Waals surface area (Å²) in [6.45, 7) is 0.816. The highest BCUT2D eigenvalue weighted by atomic mass is 16.5. The minimum atomic E-state index is -0.990. The largest absolute Gasteiger partial charge is 0.486 e. The van der Waals surface area contributed by atoms with Gasteiger partial charge in [0.05, 0.1) is 0 Å². The number of hydrogen-bond acceptors (Lipinski definition) is 4. The summed E-state index contributed by atoms with van der Waals surface area (Å²) in [4.78, 5) is 0. The van der Waals surface area contributed by atoms with Gasteiger partial charge in [-0.2, -0.15) is 0 Å². The summed E-state index contributed by atoms with van der Waals surface area (Å²) in [5, 5.41) is 26.3. The first-order chi connectivity index (χ1) is 4.74. The van der Waals surface area contributed by atoms with E-state index < -0.39 is 12.2 Å². The zero-order valence-corrected chi connectivity index (χ0v) is 5.27. The van der Waals surface area contributed by atoms with Gasteiger partial charge in [-0.05, 0) is 6.08 Å². The molecule has 1 rings (SSSR count). The molecule has 0 amide bonds. The van der Waals surface area contributed by atoms with Crippen LogP contribution in [0.25, 0.3) is 0 Å². The Kier molecular flexibility index (Phi) is 2.26. The lowest BCUT2D eigenvalue weighted by molar-refractivity contribution is 0.00901. The van der Waals surface area contributed by atoms with Gasteiger partial charge in [-0.3, -0.25) is 0 Å². The van der Waals surface area contributed by atoms with E-state index in [9.17, 15) is 0 Å². The van der Waals surface area contributed by atoms with Gasteiger partial charge in [0.15, 0.2) is 6.61 Å². The van der Waals surface area contributed by atoms with Gasteiger partial charge >= 0.3 is 0 Å². The third-order valence-corrected chi connectivity index (χ3v) is 1.22. The van der Waals surface area contributed by atoms with Crippen LogP contribution in [0.1, 0.15) is 0 Å². The lowest BCUT2D eigenvalue weighted by Gasteiger charge is -2.21. The van der Waals surface area contributed by atoms with E-state index in [-0.39, 0.29) is 12.4 Å². The Morgan fingerprint density at radius 2 is 2.10 bits per heavy atom. The van der Waals surface area contributed by atoms with Crippen LogP contribution in [0.3, 0.4) is 0 Å². The Labute approximate surface area is 58.4 Å². The molecule has 57 valence electrons. The van der Waals surface area contributed by atoms with Gasteiger partial charge < -0.3 is 20.1 Å². The molecule has 0 spiro atoms. The van der Waals surface area contributed by atoms with E-state index >= 15 is 0 Å². The molecule has 0 unspecified atom stereocenters. The quantitative estimate of drug-likeness (QED) is 0.432. The molecule has 4 heteroatoms. The highest BCUT2D eigenvalue weighted by Gasteiger charge is 2.21. The smallest absolute Gasteiger partial charge is 0.166 e. The van der Waals surface area contributed by atoms with E-state index in [0.717, 1.165) is 6.61 Å². The van der Waals surface area contributed by atoms with Crippen LogP contribution < -0.4 is 0 Å². The predicted octanol–water partition coefficient (Wildman–Crippen LogP) is -1.22. The van der Waals surface area contributed by atoms with Gasteiger partial charge in [-0.25, -0.2) is 0 Å². The van der Waals surface area contributed by atoms with Gasteiger partial charge in [0.2, 0.25) is 0 Å². The molecule has 1 heterocycles. The number of aliphatic hydroxyl groups is 3. The molecule has 1 aliphatic heterocycles. The van der Waals surface area contributed by atoms with E-state index in [1.54, 1.807) is 0 Å². The van der Waals surface area contributed by atoms with Crippen molar-refractivity contribution in [3.8, 4) is 0 Å². The van der Waals surface area contributed by atoms with Crippen molar-refractivity contribution < 1.29 is 20.1 Å². The van der Waals surface area contributed by atoms with Crippen LogP contribution in [0.5, 0.6) is 0 Å². The first kappa shape index (κ1) is 7.53. The molecule has 0 aromatic carbocycles. The van der Waals surface area contributed by atoms with Crippen LogP contribution in [0.4, 0.5) is 0 Å². The molecule has 3 N–H and O–H groups in total. The molecule has 0 saturated carbocycles. The highest BCUT2D eigenvalue weighted by Crippen LogP contribution is 2.13. The Bertz CT molecular complexity index is 143. The summed E-state index contributed by atoms with van der Waals surface area (Å²) >= 11 is 0. The average molecular weight is 145 g/mol. The van der Waals surface area contributed by atoms with Crippen LogP contribution in [-0.2, 0) is 4.74 Å². The fourth-order valence-corrected chi connectivity index (χ4v) is 0.656. The summed E-state index contributed by atoms with van der Waals surface area (Å²) in [5.74, 6) is 0.262. The summed E-state index contributed by atoms with van der Waals surface area (Å²) in [6.07, 6.45) is -0.684. The topological polar surface area (TPSA) is 69.9 Å². The normalized spacial score (nSPS) is 32.9. The molecule has 4 nitrogen and oxygen atoms in total. The Morgan fingerprint density at radius 1 is 1.40 bits per heavy atom. The molecule has 0 bridgehead atoms. The molecule has 1 aliphatic rings. The molecule has 10 heavy (non-hydrogen) atoms. The number of ether oxygens (including phenoxy) is 1. The molecule has 0 aromatic rings. The lowest BCUT2D eigenvalue weighted by Crippen LogP contribution is -2.29. The summed E-state index contributed by atoms with van der Waals surface area (Å²) in [7, 11) is 0. The van der Waals surface area contributed by atoms with E-state index in [4.69, 9.17) is 15.3 Å². The van der Waals surface area contributed by atoms with Gasteiger partial charge in [-0.1, -0.05) is 0 Å². The van der Waals surface area contributed by atoms with E-state index in [1.807, 2.05) is 0 Å². The third kappa shape index (κ3) is 1.47. The lowest BCUT2D eigenvalue weighted by atomic mass is 10.1. The van der Waals surface area contributed by atoms with E-state index in [1.165, 1.54) is 6.08 Å².